The van der Waals surface area contributed by atoms with Crippen LogP contribution in [-0.4, -0.2) is 12.5 Å². The summed E-state index contributed by atoms with van der Waals surface area (Å²) in [6, 6.07) is 12.6. The van der Waals surface area contributed by atoms with Crippen molar-refractivity contribution < 1.29 is 9.53 Å². The number of hydrogen-bond acceptors (Lipinski definition) is 3. The molecule has 4 nitrogen and oxygen atoms in total. The van der Waals surface area contributed by atoms with Gasteiger partial charge in [-0.3, -0.25) is 4.79 Å². The number of rotatable bonds is 5. The zero-order valence-electron chi connectivity index (χ0n) is 11.1. The van der Waals surface area contributed by atoms with E-state index in [1.165, 1.54) is 12.1 Å². The fourth-order valence-electron chi connectivity index (χ4n) is 1.74. The van der Waals surface area contributed by atoms with Crippen molar-refractivity contribution in [3.05, 3.63) is 58.1 Å². The molecule has 21 heavy (non-hydrogen) atoms. The highest BCUT2D eigenvalue weighted by Crippen LogP contribution is 2.31. The SMILES string of the molecule is Nc1cc(Cl)cc(Cl)c1NC(=O)COCc1ccccc1. The molecule has 0 atom stereocenters. The van der Waals surface area contributed by atoms with E-state index in [1.54, 1.807) is 0 Å². The summed E-state index contributed by atoms with van der Waals surface area (Å²) in [4.78, 5) is 11.8. The predicted molar refractivity (Wildman–Crippen MR) is 85.6 cm³/mol. The van der Waals surface area contributed by atoms with E-state index in [9.17, 15) is 4.79 Å². The van der Waals surface area contributed by atoms with Crippen molar-refractivity contribution in [1.82, 2.24) is 0 Å². The lowest BCUT2D eigenvalue weighted by Crippen LogP contribution is -2.19. The highest BCUT2D eigenvalue weighted by molar-refractivity contribution is 6.37. The lowest BCUT2D eigenvalue weighted by Gasteiger charge is -2.11. The van der Waals surface area contributed by atoms with Crippen molar-refractivity contribution in [3.63, 3.8) is 0 Å². The second kappa shape index (κ2) is 7.31. The van der Waals surface area contributed by atoms with Crippen LogP contribution < -0.4 is 11.1 Å². The monoisotopic (exact) mass is 324 g/mol. The average molecular weight is 325 g/mol. The van der Waals surface area contributed by atoms with Gasteiger partial charge in [-0.1, -0.05) is 53.5 Å². The summed E-state index contributed by atoms with van der Waals surface area (Å²) in [5.74, 6) is -0.332. The minimum absolute atomic E-state index is 0.0900. The van der Waals surface area contributed by atoms with Crippen LogP contribution in [0.5, 0.6) is 0 Å². The van der Waals surface area contributed by atoms with Gasteiger partial charge in [-0.2, -0.15) is 0 Å². The molecule has 110 valence electrons. The van der Waals surface area contributed by atoms with Crippen LogP contribution in [0.4, 0.5) is 11.4 Å². The zero-order valence-corrected chi connectivity index (χ0v) is 12.6. The maximum absolute atomic E-state index is 11.8. The quantitative estimate of drug-likeness (QED) is 0.823. The Bertz CT molecular complexity index is 610. The molecule has 0 aliphatic heterocycles. The van der Waals surface area contributed by atoms with Gasteiger partial charge >= 0.3 is 0 Å². The molecule has 0 unspecified atom stereocenters. The topological polar surface area (TPSA) is 64.3 Å². The number of ether oxygens (including phenoxy) is 1. The fraction of sp³-hybridized carbons (Fsp3) is 0.133. The molecular formula is C15H14Cl2N2O2. The van der Waals surface area contributed by atoms with E-state index in [1.807, 2.05) is 30.3 Å². The second-order valence-electron chi connectivity index (χ2n) is 4.38. The number of carbonyl (C=O) groups excluding carboxylic acids is 1. The molecule has 2 rings (SSSR count). The summed E-state index contributed by atoms with van der Waals surface area (Å²) in [5.41, 5.74) is 7.41. The number of amides is 1. The Labute approximate surface area is 132 Å². The molecule has 0 aliphatic rings. The van der Waals surface area contributed by atoms with E-state index in [4.69, 9.17) is 33.7 Å². The summed E-state index contributed by atoms with van der Waals surface area (Å²) in [5, 5.41) is 3.31. The van der Waals surface area contributed by atoms with Gasteiger partial charge in [-0.05, 0) is 17.7 Å². The summed E-state index contributed by atoms with van der Waals surface area (Å²) < 4.78 is 5.34. The summed E-state index contributed by atoms with van der Waals surface area (Å²) >= 11 is 11.8. The molecule has 1 amide bonds. The molecule has 3 N–H and O–H groups in total. The van der Waals surface area contributed by atoms with Crippen molar-refractivity contribution in [3.8, 4) is 0 Å². The van der Waals surface area contributed by atoms with Crippen molar-refractivity contribution in [2.24, 2.45) is 0 Å². The van der Waals surface area contributed by atoms with Crippen LogP contribution in [0.2, 0.25) is 10.0 Å². The lowest BCUT2D eigenvalue weighted by atomic mass is 10.2. The minimum atomic E-state index is -0.332. The Morgan fingerprint density at radius 3 is 2.57 bits per heavy atom. The van der Waals surface area contributed by atoms with Crippen molar-refractivity contribution in [2.45, 2.75) is 6.61 Å². The minimum Gasteiger partial charge on any atom is -0.397 e. The third-order valence-corrected chi connectivity index (χ3v) is 3.21. The third kappa shape index (κ3) is 4.63. The van der Waals surface area contributed by atoms with Gasteiger partial charge < -0.3 is 15.8 Å². The molecular weight excluding hydrogens is 311 g/mol. The Hall–Kier alpha value is -1.75. The first-order valence-corrected chi connectivity index (χ1v) is 6.98. The number of nitrogens with two attached hydrogens (primary N) is 1. The predicted octanol–water partition coefficient (Wildman–Crippen LogP) is 3.73. The number of halogens is 2. The van der Waals surface area contributed by atoms with Gasteiger partial charge in [0.2, 0.25) is 5.91 Å². The van der Waals surface area contributed by atoms with Gasteiger partial charge in [-0.15, -0.1) is 0 Å². The smallest absolute Gasteiger partial charge is 0.250 e. The van der Waals surface area contributed by atoms with E-state index >= 15 is 0 Å². The Morgan fingerprint density at radius 1 is 1.19 bits per heavy atom. The molecule has 0 spiro atoms. The van der Waals surface area contributed by atoms with Crippen molar-refractivity contribution in [2.75, 3.05) is 17.7 Å². The van der Waals surface area contributed by atoms with E-state index in [2.05, 4.69) is 5.32 Å². The Balaban J connectivity index is 1.88. The van der Waals surface area contributed by atoms with E-state index in [-0.39, 0.29) is 17.5 Å². The first kappa shape index (κ1) is 15.6. The third-order valence-electron chi connectivity index (χ3n) is 2.69. The van der Waals surface area contributed by atoms with Crippen LogP contribution in [0, 0.1) is 0 Å². The van der Waals surface area contributed by atoms with Crippen LogP contribution in [0.3, 0.4) is 0 Å². The van der Waals surface area contributed by atoms with Gasteiger partial charge in [-0.25, -0.2) is 0 Å². The molecule has 0 saturated carbocycles. The molecule has 0 bridgehead atoms. The number of hydrogen-bond donors (Lipinski definition) is 2. The molecule has 0 aliphatic carbocycles. The van der Waals surface area contributed by atoms with Gasteiger partial charge in [0.05, 0.1) is 23.0 Å². The Kier molecular flexibility index (Phi) is 5.44. The molecule has 0 fully saturated rings. The normalized spacial score (nSPS) is 10.4. The van der Waals surface area contributed by atoms with Crippen LogP contribution in [0.25, 0.3) is 0 Å². The van der Waals surface area contributed by atoms with Crippen molar-refractivity contribution in [1.29, 1.82) is 0 Å². The maximum atomic E-state index is 11.8. The highest BCUT2D eigenvalue weighted by atomic mass is 35.5. The van der Waals surface area contributed by atoms with E-state index in [0.29, 0.717) is 23.0 Å². The number of benzene rings is 2. The molecule has 0 heterocycles. The lowest BCUT2D eigenvalue weighted by molar-refractivity contribution is -0.121. The number of carbonyl (C=O) groups is 1. The van der Waals surface area contributed by atoms with Crippen LogP contribution in [0.1, 0.15) is 5.56 Å². The number of nitrogens with one attached hydrogen (secondary N) is 1. The largest absolute Gasteiger partial charge is 0.397 e. The van der Waals surface area contributed by atoms with Crippen molar-refractivity contribution >= 4 is 40.5 Å². The van der Waals surface area contributed by atoms with Gasteiger partial charge in [0.1, 0.15) is 6.61 Å². The summed E-state index contributed by atoms with van der Waals surface area (Å²) in [6.07, 6.45) is 0. The summed E-state index contributed by atoms with van der Waals surface area (Å²) in [6.45, 7) is 0.269. The summed E-state index contributed by atoms with van der Waals surface area (Å²) in [7, 11) is 0. The van der Waals surface area contributed by atoms with Gasteiger partial charge in [0.25, 0.3) is 0 Å². The molecule has 2 aromatic carbocycles. The molecule has 6 heteroatoms. The highest BCUT2D eigenvalue weighted by Gasteiger charge is 2.10. The average Bonchev–Trinajstić information content (AvgIpc) is 2.44. The molecule has 0 aromatic heterocycles. The standard InChI is InChI=1S/C15H14Cl2N2O2/c16-11-6-12(17)15(13(18)7-11)19-14(20)9-21-8-10-4-2-1-3-5-10/h1-7H,8-9,18H2,(H,19,20). The molecule has 0 radical (unpaired) electrons. The fourth-order valence-corrected chi connectivity index (χ4v) is 2.29. The molecule has 0 saturated heterocycles. The Morgan fingerprint density at radius 2 is 1.90 bits per heavy atom. The van der Waals surface area contributed by atoms with Crippen LogP contribution in [-0.2, 0) is 16.1 Å². The van der Waals surface area contributed by atoms with Crippen LogP contribution >= 0.6 is 23.2 Å². The molecule has 2 aromatic rings. The number of anilines is 2. The van der Waals surface area contributed by atoms with Crippen LogP contribution in [0.15, 0.2) is 42.5 Å². The van der Waals surface area contributed by atoms with Gasteiger partial charge in [0.15, 0.2) is 0 Å². The van der Waals surface area contributed by atoms with Gasteiger partial charge in [0, 0.05) is 5.02 Å². The zero-order chi connectivity index (χ0) is 15.2. The van der Waals surface area contributed by atoms with E-state index in [0.717, 1.165) is 5.56 Å². The first-order valence-electron chi connectivity index (χ1n) is 6.22. The van der Waals surface area contributed by atoms with E-state index < -0.39 is 0 Å². The maximum Gasteiger partial charge on any atom is 0.250 e. The second-order valence-corrected chi connectivity index (χ2v) is 5.22. The first-order chi connectivity index (χ1) is 10.1. The number of nitrogen functional groups attached to an aromatic ring is 1.